The third-order valence-corrected chi connectivity index (χ3v) is 1.23. The molecule has 0 fully saturated rings. The average molecular weight is 232 g/mol. The van der Waals surface area contributed by atoms with Crippen LogP contribution in [0.4, 0.5) is 0 Å². The van der Waals surface area contributed by atoms with Gasteiger partial charge in [-0.05, 0) is 6.08 Å². The summed E-state index contributed by atoms with van der Waals surface area (Å²) in [7, 11) is 0. The van der Waals surface area contributed by atoms with Crippen molar-refractivity contribution >= 4 is 24.3 Å². The highest BCUT2D eigenvalue weighted by Gasteiger charge is 1.97. The Morgan fingerprint density at radius 2 is 1.65 bits per heavy atom. The summed E-state index contributed by atoms with van der Waals surface area (Å²) in [4.78, 5) is 52.4. The molecule has 0 atom stereocenters. The Bertz CT molecular complexity index is 523. The van der Waals surface area contributed by atoms with E-state index in [4.69, 9.17) is 0 Å². The van der Waals surface area contributed by atoms with E-state index in [0.29, 0.717) is 0 Å². The quantitative estimate of drug-likeness (QED) is 0.365. The van der Waals surface area contributed by atoms with Crippen molar-refractivity contribution in [1.82, 2.24) is 0 Å². The first-order valence-corrected chi connectivity index (χ1v) is 3.95. The molecule has 0 aromatic heterocycles. The minimum absolute atomic E-state index is 0.0188. The standard InChI is InChI=1S/C9H4N4O4/c14-4-10-2-8(12-6-16)1-9(13-7-17)3-11-5-15/h1-2H,3H2. The van der Waals surface area contributed by atoms with Gasteiger partial charge in [0.25, 0.3) is 0 Å². The molecule has 0 rings (SSSR count). The first kappa shape index (κ1) is 14.0. The fourth-order valence-electron chi connectivity index (χ4n) is 0.699. The van der Waals surface area contributed by atoms with Crippen LogP contribution in [0.1, 0.15) is 0 Å². The van der Waals surface area contributed by atoms with Crippen LogP contribution in [0, 0.1) is 0 Å². The van der Waals surface area contributed by atoms with E-state index in [2.05, 4.69) is 20.0 Å². The molecule has 8 nitrogen and oxygen atoms in total. The molecule has 0 aliphatic carbocycles. The number of aliphatic imine (C=N–C) groups is 4. The van der Waals surface area contributed by atoms with Gasteiger partial charge in [-0.2, -0.15) is 20.0 Å². The Hall–Kier alpha value is -3.00. The highest BCUT2D eigenvalue weighted by atomic mass is 16.1. The van der Waals surface area contributed by atoms with E-state index in [1.54, 1.807) is 0 Å². The van der Waals surface area contributed by atoms with Crippen LogP contribution in [0.15, 0.2) is 43.6 Å². The zero-order valence-corrected chi connectivity index (χ0v) is 8.28. The van der Waals surface area contributed by atoms with Gasteiger partial charge in [0.2, 0.25) is 24.3 Å². The van der Waals surface area contributed by atoms with Crippen LogP contribution in [-0.2, 0) is 19.2 Å². The third kappa shape index (κ3) is 6.99. The minimum atomic E-state index is -0.255. The molecule has 0 saturated carbocycles. The molecule has 0 amide bonds. The van der Waals surface area contributed by atoms with Crippen LogP contribution in [0.2, 0.25) is 0 Å². The average Bonchev–Trinajstić information content (AvgIpc) is 2.33. The van der Waals surface area contributed by atoms with Crippen molar-refractivity contribution in [1.29, 1.82) is 0 Å². The smallest absolute Gasteiger partial charge is 0.211 e. The van der Waals surface area contributed by atoms with Crippen LogP contribution < -0.4 is 0 Å². The zero-order chi connectivity index (χ0) is 12.9. The topological polar surface area (TPSA) is 118 Å². The third-order valence-electron chi connectivity index (χ3n) is 1.23. The van der Waals surface area contributed by atoms with Crippen molar-refractivity contribution < 1.29 is 19.2 Å². The van der Waals surface area contributed by atoms with Gasteiger partial charge in [-0.3, -0.25) is 0 Å². The molecule has 8 heteroatoms. The molecule has 0 aromatic carbocycles. The number of isocyanates is 4. The van der Waals surface area contributed by atoms with Crippen LogP contribution >= 0.6 is 0 Å². The summed E-state index contributed by atoms with van der Waals surface area (Å²) >= 11 is 0. The Balaban J connectivity index is 5.34. The normalized spacial score (nSPS) is 10.1. The van der Waals surface area contributed by atoms with Gasteiger partial charge in [-0.1, -0.05) is 0 Å². The van der Waals surface area contributed by atoms with Gasteiger partial charge in [-0.15, -0.1) is 0 Å². The summed E-state index contributed by atoms with van der Waals surface area (Å²) in [5.41, 5.74) is -0.131. The molecule has 0 heterocycles. The van der Waals surface area contributed by atoms with E-state index in [0.717, 1.165) is 12.3 Å². The molecule has 0 aliphatic rings. The molecule has 0 saturated heterocycles. The number of hydrogen-bond acceptors (Lipinski definition) is 8. The number of rotatable bonds is 6. The maximum Gasteiger partial charge on any atom is 0.240 e. The predicted molar refractivity (Wildman–Crippen MR) is 53.5 cm³/mol. The lowest BCUT2D eigenvalue weighted by atomic mass is 10.3. The predicted octanol–water partition coefficient (Wildman–Crippen LogP) is 0.0549. The van der Waals surface area contributed by atoms with Gasteiger partial charge in [0, 0.05) is 0 Å². The van der Waals surface area contributed by atoms with E-state index < -0.39 is 0 Å². The van der Waals surface area contributed by atoms with Gasteiger partial charge < -0.3 is 0 Å². The van der Waals surface area contributed by atoms with Crippen molar-refractivity contribution in [2.75, 3.05) is 6.54 Å². The molecule has 84 valence electrons. The molecule has 0 radical (unpaired) electrons. The fraction of sp³-hybridized carbons (Fsp3) is 0.111. The Kier molecular flexibility index (Phi) is 7.87. The molecule has 0 aromatic rings. The van der Waals surface area contributed by atoms with Crippen molar-refractivity contribution in [3.05, 3.63) is 23.7 Å². The van der Waals surface area contributed by atoms with Crippen LogP contribution in [0.25, 0.3) is 0 Å². The van der Waals surface area contributed by atoms with Crippen LogP contribution in [-0.4, -0.2) is 30.9 Å². The van der Waals surface area contributed by atoms with Gasteiger partial charge in [-0.25, -0.2) is 19.2 Å². The molecule has 0 bridgehead atoms. The Morgan fingerprint density at radius 1 is 0.941 bits per heavy atom. The maximum atomic E-state index is 10.0. The van der Waals surface area contributed by atoms with E-state index in [-0.39, 0.29) is 17.9 Å². The zero-order valence-electron chi connectivity index (χ0n) is 8.28. The Morgan fingerprint density at radius 3 is 2.18 bits per heavy atom. The highest BCUT2D eigenvalue weighted by Crippen LogP contribution is 2.05. The summed E-state index contributed by atoms with van der Waals surface area (Å²) < 4.78 is 0. The molecule has 0 N–H and O–H groups in total. The number of allylic oxidation sites excluding steroid dienone is 1. The fourth-order valence-corrected chi connectivity index (χ4v) is 0.699. The first-order valence-electron chi connectivity index (χ1n) is 3.95. The van der Waals surface area contributed by atoms with E-state index in [1.165, 1.54) is 24.3 Å². The highest BCUT2D eigenvalue weighted by molar-refractivity contribution is 5.44. The molecule has 0 unspecified atom stereocenters. The molecule has 17 heavy (non-hydrogen) atoms. The molecular weight excluding hydrogens is 228 g/mol. The molecule has 0 aliphatic heterocycles. The second kappa shape index (κ2) is 9.55. The van der Waals surface area contributed by atoms with Gasteiger partial charge in [0.05, 0.1) is 24.1 Å². The number of nitrogens with zero attached hydrogens (tertiary/aromatic N) is 4. The van der Waals surface area contributed by atoms with Crippen LogP contribution in [0.3, 0.4) is 0 Å². The maximum absolute atomic E-state index is 10.0. The van der Waals surface area contributed by atoms with E-state index >= 15 is 0 Å². The summed E-state index contributed by atoms with van der Waals surface area (Å²) in [5.74, 6) is 0. The summed E-state index contributed by atoms with van der Waals surface area (Å²) in [6.07, 6.45) is 6.84. The van der Waals surface area contributed by atoms with Gasteiger partial charge in [0.1, 0.15) is 0 Å². The van der Waals surface area contributed by atoms with Gasteiger partial charge >= 0.3 is 0 Å². The van der Waals surface area contributed by atoms with E-state index in [9.17, 15) is 19.2 Å². The first-order chi connectivity index (χ1) is 8.28. The molecule has 0 spiro atoms. The lowest BCUT2D eigenvalue weighted by Crippen LogP contribution is -1.86. The van der Waals surface area contributed by atoms with E-state index in [1.807, 2.05) is 0 Å². The second-order valence-electron chi connectivity index (χ2n) is 2.22. The second-order valence-corrected chi connectivity index (χ2v) is 2.22. The summed E-state index contributed by atoms with van der Waals surface area (Å²) in [6, 6.07) is 0. The monoisotopic (exact) mass is 232 g/mol. The van der Waals surface area contributed by atoms with Gasteiger partial charge in [0.15, 0.2) is 0 Å². The number of hydrogen-bond donors (Lipinski definition) is 0. The minimum Gasteiger partial charge on any atom is -0.211 e. The lowest BCUT2D eigenvalue weighted by Gasteiger charge is -1.92. The van der Waals surface area contributed by atoms with Crippen molar-refractivity contribution in [3.8, 4) is 0 Å². The number of carbonyl (C=O) groups excluding carboxylic acids is 4. The van der Waals surface area contributed by atoms with Crippen molar-refractivity contribution in [3.63, 3.8) is 0 Å². The van der Waals surface area contributed by atoms with Crippen molar-refractivity contribution in [2.45, 2.75) is 0 Å². The Labute approximate surface area is 94.5 Å². The SMILES string of the molecule is O=C=NC=C(C=C(CN=C=O)N=C=O)N=C=O. The summed E-state index contributed by atoms with van der Waals surface area (Å²) in [6.45, 7) is -0.255. The lowest BCUT2D eigenvalue weighted by molar-refractivity contribution is 0.561. The van der Waals surface area contributed by atoms with Crippen molar-refractivity contribution in [2.24, 2.45) is 20.0 Å². The summed E-state index contributed by atoms with van der Waals surface area (Å²) in [5, 5.41) is 0. The largest absolute Gasteiger partial charge is 0.240 e. The van der Waals surface area contributed by atoms with Crippen LogP contribution in [0.5, 0.6) is 0 Å². The molecular formula is C9H4N4O4.